The summed E-state index contributed by atoms with van der Waals surface area (Å²) >= 11 is 0. The van der Waals surface area contributed by atoms with Gasteiger partial charge in [0, 0.05) is 36.6 Å². The lowest BCUT2D eigenvalue weighted by Gasteiger charge is -2.30. The number of piperidine rings is 1. The standard InChI is InChI=1S/C25H27N5O3/c1-33-20-11-9-19(10-12-20)30-23-21(22(27-30)24(26)31)13-16-29(25(23)32)18-7-5-17(6-8-18)28-14-3-2-4-15-28/h5-12H,2-4,13-16H2,1H3,(H2,26,31). The number of nitrogens with two attached hydrogens (primary N) is 1. The van der Waals surface area contributed by atoms with Crippen molar-refractivity contribution in [3.05, 3.63) is 65.5 Å². The van der Waals surface area contributed by atoms with Crippen molar-refractivity contribution in [1.82, 2.24) is 9.78 Å². The maximum Gasteiger partial charge on any atom is 0.277 e. The number of primary amides is 1. The van der Waals surface area contributed by atoms with Crippen LogP contribution >= 0.6 is 0 Å². The average molecular weight is 446 g/mol. The lowest BCUT2D eigenvalue weighted by molar-refractivity contribution is 0.0972. The number of rotatable bonds is 5. The smallest absolute Gasteiger partial charge is 0.277 e. The molecule has 0 unspecified atom stereocenters. The van der Waals surface area contributed by atoms with Gasteiger partial charge < -0.3 is 20.3 Å². The molecule has 33 heavy (non-hydrogen) atoms. The zero-order valence-corrected chi connectivity index (χ0v) is 18.7. The van der Waals surface area contributed by atoms with Crippen LogP contribution in [0.1, 0.15) is 45.8 Å². The third-order valence-corrected chi connectivity index (χ3v) is 6.45. The summed E-state index contributed by atoms with van der Waals surface area (Å²) in [7, 11) is 1.59. The van der Waals surface area contributed by atoms with E-state index in [1.165, 1.54) is 29.6 Å². The SMILES string of the molecule is COc1ccc(-n2nc(C(N)=O)c3c2C(=O)N(c2ccc(N4CCCCC4)cc2)CC3)cc1. The summed E-state index contributed by atoms with van der Waals surface area (Å²) < 4.78 is 6.75. The molecule has 3 heterocycles. The van der Waals surface area contributed by atoms with Crippen LogP contribution in [0.2, 0.25) is 0 Å². The second-order valence-electron chi connectivity index (χ2n) is 8.42. The average Bonchev–Trinajstić information content (AvgIpc) is 3.26. The number of fused-ring (bicyclic) bond motifs is 1. The number of hydrogen-bond acceptors (Lipinski definition) is 5. The maximum atomic E-state index is 13.6. The molecule has 5 rings (SSSR count). The normalized spacial score (nSPS) is 16.0. The molecule has 2 amide bonds. The fourth-order valence-corrected chi connectivity index (χ4v) is 4.71. The van der Waals surface area contributed by atoms with E-state index in [-0.39, 0.29) is 11.6 Å². The lowest BCUT2D eigenvalue weighted by Crippen LogP contribution is -2.39. The molecule has 0 bridgehead atoms. The topological polar surface area (TPSA) is 93.7 Å². The van der Waals surface area contributed by atoms with Gasteiger partial charge in [-0.3, -0.25) is 9.59 Å². The van der Waals surface area contributed by atoms with Crippen LogP contribution in [0, 0.1) is 0 Å². The molecule has 1 aromatic heterocycles. The molecule has 0 atom stereocenters. The molecule has 170 valence electrons. The Bertz CT molecular complexity index is 1180. The molecule has 2 N–H and O–H groups in total. The van der Waals surface area contributed by atoms with Gasteiger partial charge >= 0.3 is 0 Å². The Morgan fingerprint density at radius 2 is 1.55 bits per heavy atom. The first kappa shape index (κ1) is 21.1. The summed E-state index contributed by atoms with van der Waals surface area (Å²) in [6, 6.07) is 15.3. The van der Waals surface area contributed by atoms with E-state index in [9.17, 15) is 9.59 Å². The highest BCUT2D eigenvalue weighted by Crippen LogP contribution is 2.30. The molecule has 2 aromatic carbocycles. The molecule has 1 saturated heterocycles. The first-order chi connectivity index (χ1) is 16.1. The molecule has 0 saturated carbocycles. The number of aromatic nitrogens is 2. The highest BCUT2D eigenvalue weighted by molar-refractivity contribution is 6.09. The number of ether oxygens (including phenoxy) is 1. The molecule has 0 spiro atoms. The van der Waals surface area contributed by atoms with E-state index in [0.29, 0.717) is 35.7 Å². The van der Waals surface area contributed by atoms with Gasteiger partial charge in [-0.25, -0.2) is 4.68 Å². The number of methoxy groups -OCH3 is 1. The van der Waals surface area contributed by atoms with Crippen molar-refractivity contribution in [3.63, 3.8) is 0 Å². The van der Waals surface area contributed by atoms with Crippen LogP contribution in [0.5, 0.6) is 5.75 Å². The highest BCUT2D eigenvalue weighted by Gasteiger charge is 2.34. The molecule has 3 aromatic rings. The van der Waals surface area contributed by atoms with E-state index in [1.54, 1.807) is 36.3 Å². The molecular weight excluding hydrogens is 418 g/mol. The summed E-state index contributed by atoms with van der Waals surface area (Å²) in [6.45, 7) is 2.61. The van der Waals surface area contributed by atoms with Crippen LogP contribution in [-0.2, 0) is 6.42 Å². The Labute approximate surface area is 192 Å². The van der Waals surface area contributed by atoms with Gasteiger partial charge in [0.25, 0.3) is 11.8 Å². The van der Waals surface area contributed by atoms with Crippen LogP contribution in [-0.4, -0.2) is 48.3 Å². The number of benzene rings is 2. The lowest BCUT2D eigenvalue weighted by atomic mass is 10.0. The zero-order chi connectivity index (χ0) is 22.9. The van der Waals surface area contributed by atoms with E-state index in [0.717, 1.165) is 18.8 Å². The summed E-state index contributed by atoms with van der Waals surface area (Å²) in [4.78, 5) is 29.8. The van der Waals surface area contributed by atoms with Crippen molar-refractivity contribution in [2.75, 3.05) is 36.5 Å². The summed E-state index contributed by atoms with van der Waals surface area (Å²) in [5.74, 6) is -0.139. The van der Waals surface area contributed by atoms with Crippen LogP contribution in [0.15, 0.2) is 48.5 Å². The minimum Gasteiger partial charge on any atom is -0.497 e. The molecule has 2 aliphatic heterocycles. The van der Waals surface area contributed by atoms with Crippen LogP contribution in [0.4, 0.5) is 11.4 Å². The summed E-state index contributed by atoms with van der Waals surface area (Å²) in [6.07, 6.45) is 4.22. The molecule has 2 aliphatic rings. The van der Waals surface area contributed by atoms with Gasteiger partial charge in [0.15, 0.2) is 5.69 Å². The maximum absolute atomic E-state index is 13.6. The molecule has 8 heteroatoms. The van der Waals surface area contributed by atoms with Gasteiger partial charge in [0.2, 0.25) is 0 Å². The first-order valence-corrected chi connectivity index (χ1v) is 11.3. The van der Waals surface area contributed by atoms with E-state index in [2.05, 4.69) is 22.1 Å². The quantitative estimate of drug-likeness (QED) is 0.651. The van der Waals surface area contributed by atoms with Crippen molar-refractivity contribution < 1.29 is 14.3 Å². The van der Waals surface area contributed by atoms with Crippen LogP contribution in [0.25, 0.3) is 5.69 Å². The Morgan fingerprint density at radius 1 is 0.909 bits per heavy atom. The minimum atomic E-state index is -0.634. The fraction of sp³-hybridized carbons (Fsp3) is 0.320. The van der Waals surface area contributed by atoms with Crippen molar-refractivity contribution in [2.24, 2.45) is 5.73 Å². The van der Waals surface area contributed by atoms with Gasteiger partial charge in [-0.2, -0.15) is 5.10 Å². The number of carbonyl (C=O) groups is 2. The molecule has 0 aliphatic carbocycles. The molecule has 8 nitrogen and oxygen atoms in total. The van der Waals surface area contributed by atoms with E-state index in [1.807, 2.05) is 12.1 Å². The number of anilines is 2. The fourth-order valence-electron chi connectivity index (χ4n) is 4.71. The van der Waals surface area contributed by atoms with Crippen molar-refractivity contribution >= 4 is 23.2 Å². The predicted molar refractivity (Wildman–Crippen MR) is 127 cm³/mol. The largest absolute Gasteiger partial charge is 0.497 e. The summed E-state index contributed by atoms with van der Waals surface area (Å²) in [5, 5.41) is 4.42. The zero-order valence-electron chi connectivity index (χ0n) is 18.7. The van der Waals surface area contributed by atoms with E-state index >= 15 is 0 Å². The van der Waals surface area contributed by atoms with E-state index < -0.39 is 5.91 Å². The number of nitrogens with zero attached hydrogens (tertiary/aromatic N) is 4. The predicted octanol–water partition coefficient (Wildman–Crippen LogP) is 3.17. The van der Waals surface area contributed by atoms with Gasteiger partial charge in [-0.15, -0.1) is 0 Å². The molecule has 1 fully saturated rings. The third-order valence-electron chi connectivity index (χ3n) is 6.45. The van der Waals surface area contributed by atoms with Gasteiger partial charge in [-0.05, 0) is 74.2 Å². The summed E-state index contributed by atoms with van der Waals surface area (Å²) in [5.41, 5.74) is 9.39. The van der Waals surface area contributed by atoms with Gasteiger partial charge in [0.1, 0.15) is 11.4 Å². The minimum absolute atomic E-state index is 0.147. The van der Waals surface area contributed by atoms with Crippen molar-refractivity contribution in [1.29, 1.82) is 0 Å². The van der Waals surface area contributed by atoms with Gasteiger partial charge in [-0.1, -0.05) is 0 Å². The van der Waals surface area contributed by atoms with Crippen molar-refractivity contribution in [3.8, 4) is 11.4 Å². The number of amides is 2. The number of hydrogen-bond donors (Lipinski definition) is 1. The van der Waals surface area contributed by atoms with Crippen LogP contribution in [0.3, 0.4) is 0 Å². The Balaban J connectivity index is 1.49. The second kappa shape index (κ2) is 8.61. The Kier molecular flexibility index (Phi) is 5.50. The number of carbonyl (C=O) groups excluding carboxylic acids is 2. The van der Waals surface area contributed by atoms with Crippen LogP contribution < -0.4 is 20.3 Å². The van der Waals surface area contributed by atoms with Crippen molar-refractivity contribution in [2.45, 2.75) is 25.7 Å². The van der Waals surface area contributed by atoms with Gasteiger partial charge in [0.05, 0.1) is 12.8 Å². The Hall–Kier alpha value is -3.81. The highest BCUT2D eigenvalue weighted by atomic mass is 16.5. The molecular formula is C25H27N5O3. The van der Waals surface area contributed by atoms with E-state index in [4.69, 9.17) is 10.5 Å². The first-order valence-electron chi connectivity index (χ1n) is 11.3. The Morgan fingerprint density at radius 3 is 2.18 bits per heavy atom. The third kappa shape index (κ3) is 3.82. The molecule has 0 radical (unpaired) electrons. The second-order valence-corrected chi connectivity index (χ2v) is 8.42. The monoisotopic (exact) mass is 445 g/mol.